The number of ether oxygens (including phenoxy) is 1. The first kappa shape index (κ1) is 16.0. The molecule has 1 unspecified atom stereocenters. The molecular formula is C14H15Cl2FN2O2. The molecule has 0 aliphatic heterocycles. The van der Waals surface area contributed by atoms with Gasteiger partial charge >= 0.3 is 5.97 Å². The summed E-state index contributed by atoms with van der Waals surface area (Å²) in [6.45, 7) is 3.73. The van der Waals surface area contributed by atoms with Crippen molar-refractivity contribution < 1.29 is 13.9 Å². The van der Waals surface area contributed by atoms with Crippen molar-refractivity contribution in [3.8, 4) is 0 Å². The lowest BCUT2D eigenvalue weighted by atomic mass is 10.2. The Morgan fingerprint density at radius 3 is 2.86 bits per heavy atom. The van der Waals surface area contributed by atoms with Crippen molar-refractivity contribution in [1.29, 1.82) is 0 Å². The average molecular weight is 333 g/mol. The lowest BCUT2D eigenvalue weighted by Crippen LogP contribution is -2.21. The van der Waals surface area contributed by atoms with Crippen LogP contribution in [0.2, 0.25) is 5.02 Å². The Morgan fingerprint density at radius 1 is 1.52 bits per heavy atom. The number of aromatic nitrogens is 2. The molecule has 2 rings (SSSR count). The molecule has 0 saturated heterocycles. The lowest BCUT2D eigenvalue weighted by molar-refractivity contribution is -0.146. The first-order chi connectivity index (χ1) is 9.99. The van der Waals surface area contributed by atoms with E-state index in [0.717, 1.165) is 0 Å². The molecule has 0 bridgehead atoms. The number of nitrogens with zero attached hydrogens (tertiary/aromatic N) is 2. The Morgan fingerprint density at radius 2 is 2.24 bits per heavy atom. The number of halogens is 3. The summed E-state index contributed by atoms with van der Waals surface area (Å²) in [5.41, 5.74) is 1.02. The highest BCUT2D eigenvalue weighted by Gasteiger charge is 2.23. The minimum absolute atomic E-state index is 0.0165. The highest BCUT2D eigenvalue weighted by Crippen LogP contribution is 2.27. The topological polar surface area (TPSA) is 44.1 Å². The number of rotatable bonds is 5. The monoisotopic (exact) mass is 332 g/mol. The smallest absolute Gasteiger partial charge is 0.328 e. The Balaban J connectivity index is 2.60. The van der Waals surface area contributed by atoms with Crippen LogP contribution in [0.4, 0.5) is 4.39 Å². The number of hydrogen-bond donors (Lipinski definition) is 0. The van der Waals surface area contributed by atoms with Gasteiger partial charge in [-0.15, -0.1) is 11.6 Å². The second-order valence-electron chi connectivity index (χ2n) is 4.52. The number of aryl methyl sites for hydroxylation is 1. The molecule has 0 amide bonds. The van der Waals surface area contributed by atoms with E-state index in [2.05, 4.69) is 4.98 Å². The van der Waals surface area contributed by atoms with Gasteiger partial charge in [0.05, 0.1) is 22.7 Å². The third-order valence-electron chi connectivity index (χ3n) is 3.14. The van der Waals surface area contributed by atoms with Gasteiger partial charge in [-0.2, -0.15) is 0 Å². The van der Waals surface area contributed by atoms with E-state index in [9.17, 15) is 9.18 Å². The number of carbonyl (C=O) groups excluding carboxylic acids is 1. The molecule has 0 spiro atoms. The molecule has 0 N–H and O–H groups in total. The van der Waals surface area contributed by atoms with Crippen LogP contribution >= 0.6 is 23.2 Å². The van der Waals surface area contributed by atoms with E-state index in [0.29, 0.717) is 29.2 Å². The van der Waals surface area contributed by atoms with E-state index in [4.69, 9.17) is 27.9 Å². The fourth-order valence-electron chi connectivity index (χ4n) is 2.20. The molecule has 21 heavy (non-hydrogen) atoms. The molecule has 1 heterocycles. The van der Waals surface area contributed by atoms with Gasteiger partial charge in [0.25, 0.3) is 0 Å². The second kappa shape index (κ2) is 6.62. The molecule has 1 aromatic heterocycles. The minimum Gasteiger partial charge on any atom is -0.464 e. The van der Waals surface area contributed by atoms with Gasteiger partial charge in [-0.05, 0) is 19.9 Å². The van der Waals surface area contributed by atoms with E-state index in [1.165, 1.54) is 12.1 Å². The van der Waals surface area contributed by atoms with E-state index in [1.54, 1.807) is 18.4 Å². The van der Waals surface area contributed by atoms with E-state index in [-0.39, 0.29) is 17.6 Å². The maximum atomic E-state index is 13.6. The quantitative estimate of drug-likeness (QED) is 0.619. The summed E-state index contributed by atoms with van der Waals surface area (Å²) < 4.78 is 20.3. The van der Waals surface area contributed by atoms with Crippen molar-refractivity contribution in [2.24, 2.45) is 0 Å². The van der Waals surface area contributed by atoms with Crippen LogP contribution in [-0.4, -0.2) is 28.0 Å². The molecule has 2 aromatic rings. The first-order valence-corrected chi connectivity index (χ1v) is 7.49. The molecule has 0 radical (unpaired) electrons. The molecule has 7 heteroatoms. The van der Waals surface area contributed by atoms with Crippen molar-refractivity contribution in [2.45, 2.75) is 26.3 Å². The van der Waals surface area contributed by atoms with Gasteiger partial charge in [0, 0.05) is 18.4 Å². The third kappa shape index (κ3) is 3.14. The average Bonchev–Trinajstić information content (AvgIpc) is 2.76. The van der Waals surface area contributed by atoms with Gasteiger partial charge in [-0.3, -0.25) is 0 Å². The number of esters is 1. The molecular weight excluding hydrogens is 318 g/mol. The van der Waals surface area contributed by atoms with Crippen molar-refractivity contribution in [3.63, 3.8) is 0 Å². The Hall–Kier alpha value is -1.33. The van der Waals surface area contributed by atoms with Gasteiger partial charge in [0.1, 0.15) is 17.7 Å². The predicted molar refractivity (Wildman–Crippen MR) is 80.5 cm³/mol. The van der Waals surface area contributed by atoms with Crippen molar-refractivity contribution >= 4 is 40.2 Å². The van der Waals surface area contributed by atoms with Crippen molar-refractivity contribution in [2.75, 3.05) is 12.5 Å². The van der Waals surface area contributed by atoms with Crippen LogP contribution in [0.3, 0.4) is 0 Å². The standard InChI is InChI=1S/C14H15Cl2FN2O2/c1-3-21-14(20)8(2)19-12-6-9(16)10(17)7-11(12)18-13(19)4-5-15/h6-8H,3-5H2,1-2H3. The number of carbonyl (C=O) groups is 1. The highest BCUT2D eigenvalue weighted by molar-refractivity contribution is 6.31. The summed E-state index contributed by atoms with van der Waals surface area (Å²) in [5, 5.41) is -0.0165. The van der Waals surface area contributed by atoms with Gasteiger partial charge in [-0.25, -0.2) is 14.2 Å². The zero-order valence-corrected chi connectivity index (χ0v) is 13.2. The van der Waals surface area contributed by atoms with Crippen LogP contribution in [0.1, 0.15) is 25.7 Å². The molecule has 0 aliphatic carbocycles. The van der Waals surface area contributed by atoms with Gasteiger partial charge in [-0.1, -0.05) is 11.6 Å². The lowest BCUT2D eigenvalue weighted by Gasteiger charge is -2.16. The zero-order valence-electron chi connectivity index (χ0n) is 11.7. The van der Waals surface area contributed by atoms with Crippen molar-refractivity contribution in [1.82, 2.24) is 9.55 Å². The summed E-state index contributed by atoms with van der Waals surface area (Å²) >= 11 is 11.6. The highest BCUT2D eigenvalue weighted by atomic mass is 35.5. The SMILES string of the molecule is CCOC(=O)C(C)n1c(CCCl)nc2cc(F)c(Cl)cc21. The normalized spacial score (nSPS) is 12.6. The van der Waals surface area contributed by atoms with E-state index in [1.807, 2.05) is 0 Å². The summed E-state index contributed by atoms with van der Waals surface area (Å²) in [6, 6.07) is 2.13. The molecule has 4 nitrogen and oxygen atoms in total. The van der Waals surface area contributed by atoms with Gasteiger partial charge in [0.2, 0.25) is 0 Å². The van der Waals surface area contributed by atoms with Crippen LogP contribution in [0, 0.1) is 5.82 Å². The first-order valence-electron chi connectivity index (χ1n) is 6.58. The van der Waals surface area contributed by atoms with Crippen LogP contribution in [0.25, 0.3) is 11.0 Å². The molecule has 1 atom stereocenters. The maximum absolute atomic E-state index is 13.6. The number of fused-ring (bicyclic) bond motifs is 1. The number of alkyl halides is 1. The van der Waals surface area contributed by atoms with Gasteiger partial charge in [0.15, 0.2) is 0 Å². The van der Waals surface area contributed by atoms with Crippen LogP contribution in [0.5, 0.6) is 0 Å². The molecule has 0 fully saturated rings. The fourth-order valence-corrected chi connectivity index (χ4v) is 2.53. The summed E-state index contributed by atoms with van der Waals surface area (Å²) in [7, 11) is 0. The number of imidazole rings is 1. The molecule has 114 valence electrons. The third-order valence-corrected chi connectivity index (χ3v) is 3.62. The minimum atomic E-state index is -0.588. The van der Waals surface area contributed by atoms with E-state index >= 15 is 0 Å². The molecule has 0 aliphatic rings. The summed E-state index contributed by atoms with van der Waals surface area (Å²) in [5.74, 6) is 0.0139. The number of hydrogen-bond acceptors (Lipinski definition) is 3. The Bertz CT molecular complexity index is 673. The van der Waals surface area contributed by atoms with Crippen molar-refractivity contribution in [3.05, 3.63) is 28.8 Å². The Kier molecular flexibility index (Phi) is 5.06. The predicted octanol–water partition coefficient (Wildman–Crippen LogP) is 3.73. The fraction of sp³-hybridized carbons (Fsp3) is 0.429. The van der Waals surface area contributed by atoms with E-state index < -0.39 is 11.9 Å². The van der Waals surface area contributed by atoms with Gasteiger partial charge < -0.3 is 9.30 Å². The van der Waals surface area contributed by atoms with Crippen LogP contribution < -0.4 is 0 Å². The summed E-state index contributed by atoms with van der Waals surface area (Å²) in [6.07, 6.45) is 0.458. The largest absolute Gasteiger partial charge is 0.464 e. The summed E-state index contributed by atoms with van der Waals surface area (Å²) in [4.78, 5) is 16.3. The zero-order chi connectivity index (χ0) is 15.6. The number of benzene rings is 1. The van der Waals surface area contributed by atoms with Crippen LogP contribution in [0.15, 0.2) is 12.1 Å². The molecule has 0 saturated carbocycles. The van der Waals surface area contributed by atoms with Crippen LogP contribution in [-0.2, 0) is 16.0 Å². The second-order valence-corrected chi connectivity index (χ2v) is 5.31. The maximum Gasteiger partial charge on any atom is 0.328 e. The molecule has 1 aromatic carbocycles. The Labute approximate surface area is 131 Å².